The summed E-state index contributed by atoms with van der Waals surface area (Å²) in [5.74, 6) is -6.01. The average molecular weight is 900 g/mol. The van der Waals surface area contributed by atoms with Crippen LogP contribution in [0.4, 0.5) is 26.3 Å². The van der Waals surface area contributed by atoms with Crippen molar-refractivity contribution in [3.05, 3.63) is 143 Å². The number of alkyl halides is 5. The highest BCUT2D eigenvalue weighted by Gasteiger charge is 2.51. The van der Waals surface area contributed by atoms with E-state index in [1.165, 1.54) is 55.6 Å². The Bertz CT molecular complexity index is 2300. The predicted molar refractivity (Wildman–Crippen MR) is 201 cm³/mol. The average Bonchev–Trinajstić information content (AvgIpc) is 3.58. The number of hydrogen-bond acceptors (Lipinski definition) is 9. The van der Waals surface area contributed by atoms with Crippen LogP contribution in [0.1, 0.15) is 41.4 Å². The number of carbonyl (C=O) groups excluding carboxylic acids is 4. The molecule has 0 spiro atoms. The molecule has 0 saturated carbocycles. The summed E-state index contributed by atoms with van der Waals surface area (Å²) in [6, 6.07) is 23.6. The third-order valence-electron chi connectivity index (χ3n) is 7.95. The molecule has 10 nitrogen and oxygen atoms in total. The molecule has 0 atom stereocenters. The van der Waals surface area contributed by atoms with Crippen molar-refractivity contribution in [2.45, 2.75) is 19.9 Å². The van der Waals surface area contributed by atoms with E-state index in [1.54, 1.807) is 19.2 Å². The first-order valence-electron chi connectivity index (χ1n) is 16.0. The fourth-order valence-corrected chi connectivity index (χ4v) is 6.58. The van der Waals surface area contributed by atoms with Gasteiger partial charge in [0, 0.05) is 4.90 Å². The van der Waals surface area contributed by atoms with Gasteiger partial charge < -0.3 is 9.47 Å². The largest absolute Gasteiger partial charge is 0.497 e. The first-order valence-corrected chi connectivity index (χ1v) is 18.8. The maximum Gasteiger partial charge on any atom is 0.400 e. The van der Waals surface area contributed by atoms with Crippen molar-refractivity contribution in [2.24, 2.45) is 0 Å². The van der Waals surface area contributed by atoms with Crippen molar-refractivity contribution >= 4 is 62.0 Å². The third-order valence-corrected chi connectivity index (χ3v) is 10.4. The Morgan fingerprint density at radius 1 is 0.649 bits per heavy atom. The molecule has 0 aromatic heterocycles. The van der Waals surface area contributed by atoms with E-state index in [0.717, 1.165) is 22.8 Å². The van der Waals surface area contributed by atoms with Crippen LogP contribution in [0, 0.1) is 0 Å². The second kappa shape index (κ2) is 18.2. The quantitative estimate of drug-likeness (QED) is 0.0729. The number of ether oxygens (including phenoxy) is 2. The monoisotopic (exact) mass is 898 g/mol. The zero-order chi connectivity index (χ0) is 42.3. The van der Waals surface area contributed by atoms with E-state index in [0.29, 0.717) is 15.9 Å². The lowest BCUT2D eigenvalue weighted by Crippen LogP contribution is -2.33. The highest BCUT2D eigenvalue weighted by molar-refractivity contribution is 9.10. The third kappa shape index (κ3) is 9.95. The Hall–Kier alpha value is -5.40. The Balaban J connectivity index is 0.000000219. The number of rotatable bonds is 10. The maximum absolute atomic E-state index is 14.4. The second-order valence-corrected chi connectivity index (χ2v) is 15.0. The van der Waals surface area contributed by atoms with Crippen LogP contribution in [0.2, 0.25) is 0 Å². The fraction of sp³-hybridized carbons (Fsp3) is 0.158. The molecule has 0 unspecified atom stereocenters. The van der Waals surface area contributed by atoms with Gasteiger partial charge in [-0.15, -0.1) is 12.6 Å². The van der Waals surface area contributed by atoms with Gasteiger partial charge in [-0.3, -0.25) is 29.0 Å². The van der Waals surface area contributed by atoms with E-state index in [2.05, 4.69) is 12.6 Å². The molecule has 0 radical (unpaired) electrons. The van der Waals surface area contributed by atoms with Crippen LogP contribution < -0.4 is 9.47 Å². The van der Waals surface area contributed by atoms with Gasteiger partial charge in [0.15, 0.2) is 11.7 Å². The van der Waals surface area contributed by atoms with Gasteiger partial charge in [-0.2, -0.15) is 17.6 Å². The van der Waals surface area contributed by atoms with Gasteiger partial charge in [-0.25, -0.2) is 17.2 Å². The summed E-state index contributed by atoms with van der Waals surface area (Å²) in [7, 11) is -2.59. The Kier molecular flexibility index (Phi) is 14.2. The van der Waals surface area contributed by atoms with Crippen molar-refractivity contribution < 1.29 is 63.4 Å². The van der Waals surface area contributed by atoms with E-state index in [-0.39, 0.29) is 34.1 Å². The lowest BCUT2D eigenvalue weighted by atomic mass is 10.1. The number of allylic oxidation sites excluding steroid dienone is 1. The SMILES string of the molecule is COc1cccc(S(=O)(=O)C(F)(F)/C(F)=C/CN2C(=O)c3ccccc3C2=O)c1.COc1cccc(S)c1.O=C1c2ccccc2C(=O)N1C/C=C(\F)C(F)(F)Br. The van der Waals surface area contributed by atoms with Gasteiger partial charge in [-0.05, 0) is 88.7 Å². The number of imide groups is 2. The molecule has 4 amide bonds. The molecule has 4 aromatic rings. The smallest absolute Gasteiger partial charge is 0.400 e. The molecule has 2 heterocycles. The van der Waals surface area contributed by atoms with Crippen molar-refractivity contribution in [2.75, 3.05) is 27.3 Å². The topological polar surface area (TPSA) is 127 Å². The molecule has 0 bridgehead atoms. The minimum atomic E-state index is -5.44. The van der Waals surface area contributed by atoms with Crippen LogP contribution in [0.3, 0.4) is 0 Å². The minimum Gasteiger partial charge on any atom is -0.497 e. The molecular weight excluding hydrogens is 870 g/mol. The molecule has 2 aliphatic rings. The van der Waals surface area contributed by atoms with Crippen LogP contribution in [0.5, 0.6) is 11.5 Å². The number of nitrogens with zero attached hydrogens (tertiary/aromatic N) is 2. The molecule has 0 saturated heterocycles. The van der Waals surface area contributed by atoms with E-state index in [4.69, 9.17) is 9.47 Å². The lowest BCUT2D eigenvalue weighted by Gasteiger charge is -2.17. The number of sulfone groups is 1. The van der Waals surface area contributed by atoms with Gasteiger partial charge in [0.1, 0.15) is 11.5 Å². The van der Waals surface area contributed by atoms with Crippen molar-refractivity contribution in [1.82, 2.24) is 9.80 Å². The van der Waals surface area contributed by atoms with E-state index < -0.39 is 73.2 Å². The van der Waals surface area contributed by atoms with Crippen LogP contribution >= 0.6 is 28.6 Å². The van der Waals surface area contributed by atoms with Crippen molar-refractivity contribution in [3.8, 4) is 11.5 Å². The summed E-state index contributed by atoms with van der Waals surface area (Å²) < 4.78 is 115. The summed E-state index contributed by atoms with van der Waals surface area (Å²) in [5, 5.41) is -4.90. The van der Waals surface area contributed by atoms with Gasteiger partial charge in [0.25, 0.3) is 33.5 Å². The lowest BCUT2D eigenvalue weighted by molar-refractivity contribution is 0.0652. The number of amides is 4. The van der Waals surface area contributed by atoms with Gasteiger partial charge in [0.2, 0.25) is 0 Å². The number of halogens is 7. The van der Waals surface area contributed by atoms with E-state index in [1.807, 2.05) is 40.2 Å². The summed E-state index contributed by atoms with van der Waals surface area (Å²) in [5.41, 5.74) is 0.489. The number of carbonyl (C=O) groups is 4. The normalized spacial score (nSPS) is 14.4. The number of methoxy groups -OCH3 is 2. The zero-order valence-electron chi connectivity index (χ0n) is 29.5. The summed E-state index contributed by atoms with van der Waals surface area (Å²) >= 11 is 5.98. The Morgan fingerprint density at radius 2 is 1.04 bits per heavy atom. The minimum absolute atomic E-state index is 0.00251. The van der Waals surface area contributed by atoms with Crippen molar-refractivity contribution in [1.29, 1.82) is 0 Å². The predicted octanol–water partition coefficient (Wildman–Crippen LogP) is 8.32. The number of benzene rings is 4. The number of hydrogen-bond donors (Lipinski definition) is 1. The first kappa shape index (κ1) is 44.3. The van der Waals surface area contributed by atoms with Gasteiger partial charge in [-0.1, -0.05) is 36.4 Å². The molecule has 2 aliphatic heterocycles. The van der Waals surface area contributed by atoms with Crippen LogP contribution in [0.15, 0.2) is 131 Å². The van der Waals surface area contributed by atoms with Crippen LogP contribution in [0.25, 0.3) is 0 Å². The number of thiol groups is 1. The van der Waals surface area contributed by atoms with Crippen LogP contribution in [-0.4, -0.2) is 79.2 Å². The second-order valence-electron chi connectivity index (χ2n) is 11.5. The first-order chi connectivity index (χ1) is 26.8. The molecule has 19 heteroatoms. The molecule has 0 N–H and O–H groups in total. The molecular formula is C38H29BrF6N2O8S2. The molecule has 4 aromatic carbocycles. The standard InChI is InChI=1S/C19H14F3NO5S.C12H7BrF3NO2.C7H8OS/c1-28-12-5-4-6-13(11-12)29(26,27)19(21,22)16(20)9-10-23-17(24)14-7-2-3-8-15(14)18(23)25;13-12(15,16)9(14)5-6-17-10(18)7-3-1-2-4-8(7)11(17)19;1-8-6-3-2-4-7(9)5-6/h2-9,11H,10H2,1H3;1-5H,6H2;2-5,9H,1H3/b16-9-;9-5-;. The van der Waals surface area contributed by atoms with Crippen LogP contribution in [-0.2, 0) is 9.84 Å². The molecule has 57 heavy (non-hydrogen) atoms. The van der Waals surface area contributed by atoms with Gasteiger partial charge in [0.05, 0.1) is 54.5 Å². The molecule has 6 rings (SSSR count). The fourth-order valence-electron chi connectivity index (χ4n) is 5.04. The summed E-state index contributed by atoms with van der Waals surface area (Å²) in [4.78, 5) is 45.6. The molecule has 0 fully saturated rings. The molecule has 0 aliphatic carbocycles. The van der Waals surface area contributed by atoms with E-state index in [9.17, 15) is 53.9 Å². The summed E-state index contributed by atoms with van der Waals surface area (Å²) in [6.45, 7) is -1.39. The number of fused-ring (bicyclic) bond motifs is 2. The maximum atomic E-state index is 14.4. The zero-order valence-corrected chi connectivity index (χ0v) is 32.8. The highest BCUT2D eigenvalue weighted by atomic mass is 79.9. The van der Waals surface area contributed by atoms with E-state index >= 15 is 0 Å². The van der Waals surface area contributed by atoms with Crippen molar-refractivity contribution in [3.63, 3.8) is 0 Å². The van der Waals surface area contributed by atoms with Gasteiger partial charge >= 0.3 is 10.1 Å². The molecule has 300 valence electrons. The highest BCUT2D eigenvalue weighted by Crippen LogP contribution is 2.38. The summed E-state index contributed by atoms with van der Waals surface area (Å²) in [6.07, 6.45) is 0.704. The Morgan fingerprint density at radius 3 is 1.40 bits per heavy atom. The Labute approximate surface area is 335 Å².